The summed E-state index contributed by atoms with van der Waals surface area (Å²) < 4.78 is 9.99. The van der Waals surface area contributed by atoms with Gasteiger partial charge in [-0.25, -0.2) is 9.59 Å². The molecule has 0 spiro atoms. The number of esters is 1. The van der Waals surface area contributed by atoms with Gasteiger partial charge in [0.25, 0.3) is 0 Å². The Hall–Kier alpha value is -3.10. The van der Waals surface area contributed by atoms with E-state index >= 15 is 0 Å². The van der Waals surface area contributed by atoms with Crippen LogP contribution in [0.3, 0.4) is 0 Å². The fourth-order valence-corrected chi connectivity index (χ4v) is 3.08. The Balaban J connectivity index is 2.43. The zero-order valence-corrected chi connectivity index (χ0v) is 21.2. The predicted octanol–water partition coefficient (Wildman–Crippen LogP) is 2.87. The maximum atomic E-state index is 12.8. The number of hydrogen-bond acceptors (Lipinski definition) is 6. The molecular formula is C25H39N3O6. The monoisotopic (exact) mass is 477 g/mol. The summed E-state index contributed by atoms with van der Waals surface area (Å²) in [6.07, 6.45) is 2.11. The third-order valence-electron chi connectivity index (χ3n) is 4.84. The molecule has 0 saturated heterocycles. The number of unbranched alkanes of at least 4 members (excludes halogenated alkanes) is 2. The molecule has 3 amide bonds. The first-order valence-corrected chi connectivity index (χ1v) is 11.5. The highest BCUT2D eigenvalue weighted by Crippen LogP contribution is 2.10. The molecule has 1 atom stereocenters. The number of ether oxygens (including phenoxy) is 2. The average Bonchev–Trinajstić information content (AvgIpc) is 2.74. The molecule has 3 N–H and O–H groups in total. The fourth-order valence-electron chi connectivity index (χ4n) is 3.08. The number of nitrogens with one attached hydrogen (secondary N) is 3. The van der Waals surface area contributed by atoms with Crippen LogP contribution in [-0.2, 0) is 30.3 Å². The van der Waals surface area contributed by atoms with Crippen molar-refractivity contribution in [3.05, 3.63) is 35.9 Å². The Labute approximate surface area is 202 Å². The van der Waals surface area contributed by atoms with Gasteiger partial charge in [-0.15, -0.1) is 0 Å². The molecule has 1 aromatic rings. The molecule has 190 valence electrons. The zero-order chi connectivity index (χ0) is 25.8. The second-order valence-electron chi connectivity index (χ2n) is 9.65. The van der Waals surface area contributed by atoms with E-state index in [4.69, 9.17) is 9.47 Å². The molecule has 0 heterocycles. The van der Waals surface area contributed by atoms with Crippen molar-refractivity contribution in [2.75, 3.05) is 13.7 Å². The first-order chi connectivity index (χ1) is 15.8. The van der Waals surface area contributed by atoms with E-state index in [1.165, 1.54) is 7.11 Å². The zero-order valence-electron chi connectivity index (χ0n) is 21.2. The lowest BCUT2D eigenvalue weighted by molar-refractivity contribution is -0.146. The Morgan fingerprint density at radius 1 is 0.941 bits per heavy atom. The van der Waals surface area contributed by atoms with Gasteiger partial charge in [0.2, 0.25) is 11.8 Å². The molecule has 0 aliphatic heterocycles. The topological polar surface area (TPSA) is 123 Å². The third kappa shape index (κ3) is 11.7. The SMILES string of the molecule is COC(=O)[C@H](Cc1ccccc1)NC(=O)C(C)(C)NC(=O)CCCCCNC(=O)OC(C)(C)C. The second kappa shape index (κ2) is 13.6. The normalized spacial score (nSPS) is 12.3. The van der Waals surface area contributed by atoms with E-state index in [1.54, 1.807) is 34.6 Å². The summed E-state index contributed by atoms with van der Waals surface area (Å²) in [7, 11) is 1.27. The number of hydrogen-bond donors (Lipinski definition) is 3. The van der Waals surface area contributed by atoms with E-state index in [-0.39, 0.29) is 18.7 Å². The predicted molar refractivity (Wildman–Crippen MR) is 129 cm³/mol. The van der Waals surface area contributed by atoms with Gasteiger partial charge in [-0.3, -0.25) is 9.59 Å². The van der Waals surface area contributed by atoms with Crippen molar-refractivity contribution in [3.63, 3.8) is 0 Å². The minimum Gasteiger partial charge on any atom is -0.467 e. The standard InChI is InChI=1S/C25H39N3O6/c1-24(2,3)34-23(32)26-16-12-8-11-15-20(29)28-25(4,5)22(31)27-19(21(30)33-6)17-18-13-9-7-10-14-18/h7,9-10,13-14,19H,8,11-12,15-17H2,1-6H3,(H,26,32)(H,27,31)(H,28,29)/t19-/m0/s1. The van der Waals surface area contributed by atoms with E-state index in [1.807, 2.05) is 30.3 Å². The quantitative estimate of drug-likeness (QED) is 0.314. The summed E-state index contributed by atoms with van der Waals surface area (Å²) in [5.41, 5.74) is -0.876. The Morgan fingerprint density at radius 2 is 1.59 bits per heavy atom. The van der Waals surface area contributed by atoms with E-state index in [0.717, 1.165) is 12.0 Å². The Bertz CT molecular complexity index is 818. The van der Waals surface area contributed by atoms with Crippen LogP contribution in [0.5, 0.6) is 0 Å². The van der Waals surface area contributed by atoms with Crippen LogP contribution in [0.4, 0.5) is 4.79 Å². The van der Waals surface area contributed by atoms with Crippen molar-refractivity contribution >= 4 is 23.9 Å². The van der Waals surface area contributed by atoms with Crippen LogP contribution in [0.1, 0.15) is 65.9 Å². The van der Waals surface area contributed by atoms with Crippen molar-refractivity contribution in [3.8, 4) is 0 Å². The molecule has 0 fully saturated rings. The number of carbonyl (C=O) groups excluding carboxylic acids is 4. The Kier molecular flexibility index (Phi) is 11.5. The van der Waals surface area contributed by atoms with Crippen LogP contribution in [0.2, 0.25) is 0 Å². The summed E-state index contributed by atoms with van der Waals surface area (Å²) in [5, 5.41) is 8.09. The van der Waals surface area contributed by atoms with Crippen molar-refractivity contribution in [1.29, 1.82) is 0 Å². The number of amides is 3. The van der Waals surface area contributed by atoms with Crippen molar-refractivity contribution in [2.24, 2.45) is 0 Å². The van der Waals surface area contributed by atoms with Gasteiger partial charge in [-0.1, -0.05) is 36.8 Å². The van der Waals surface area contributed by atoms with E-state index in [2.05, 4.69) is 16.0 Å². The molecule has 0 aromatic heterocycles. The molecule has 0 unspecified atom stereocenters. The third-order valence-corrected chi connectivity index (χ3v) is 4.84. The van der Waals surface area contributed by atoms with Crippen LogP contribution in [0.25, 0.3) is 0 Å². The molecule has 0 saturated carbocycles. The second-order valence-corrected chi connectivity index (χ2v) is 9.65. The van der Waals surface area contributed by atoms with Crippen LogP contribution >= 0.6 is 0 Å². The van der Waals surface area contributed by atoms with E-state index < -0.39 is 35.2 Å². The van der Waals surface area contributed by atoms with Gasteiger partial charge >= 0.3 is 12.1 Å². The van der Waals surface area contributed by atoms with Gasteiger partial charge in [-0.2, -0.15) is 0 Å². The smallest absolute Gasteiger partial charge is 0.407 e. The lowest BCUT2D eigenvalue weighted by Gasteiger charge is -2.27. The highest BCUT2D eigenvalue weighted by molar-refractivity contribution is 5.93. The van der Waals surface area contributed by atoms with Crippen LogP contribution in [0.15, 0.2) is 30.3 Å². The first kappa shape index (κ1) is 28.9. The summed E-state index contributed by atoms with van der Waals surface area (Å²) >= 11 is 0. The van der Waals surface area contributed by atoms with E-state index in [0.29, 0.717) is 19.4 Å². The van der Waals surface area contributed by atoms with Gasteiger partial charge in [-0.05, 0) is 53.0 Å². The molecule has 1 aromatic carbocycles. The van der Waals surface area contributed by atoms with Crippen LogP contribution in [-0.4, -0.2) is 54.7 Å². The molecule has 0 bridgehead atoms. The number of methoxy groups -OCH3 is 1. The van der Waals surface area contributed by atoms with Gasteiger partial charge in [0.1, 0.15) is 17.2 Å². The molecule has 0 aliphatic rings. The van der Waals surface area contributed by atoms with Gasteiger partial charge in [0, 0.05) is 19.4 Å². The summed E-state index contributed by atoms with van der Waals surface area (Å²) in [6, 6.07) is 8.42. The van der Waals surface area contributed by atoms with Crippen molar-refractivity contribution in [2.45, 2.75) is 83.9 Å². The number of rotatable bonds is 12. The molecule has 9 nitrogen and oxygen atoms in total. The molecule has 0 aliphatic carbocycles. The summed E-state index contributed by atoms with van der Waals surface area (Å²) in [5.74, 6) is -1.30. The number of benzene rings is 1. The lowest BCUT2D eigenvalue weighted by atomic mass is 10.0. The fraction of sp³-hybridized carbons (Fsp3) is 0.600. The number of carbonyl (C=O) groups is 4. The molecule has 9 heteroatoms. The number of alkyl carbamates (subject to hydrolysis) is 1. The van der Waals surface area contributed by atoms with Gasteiger partial charge in [0.05, 0.1) is 7.11 Å². The Morgan fingerprint density at radius 3 is 2.18 bits per heavy atom. The highest BCUT2D eigenvalue weighted by atomic mass is 16.6. The minimum absolute atomic E-state index is 0.244. The molecular weight excluding hydrogens is 438 g/mol. The van der Waals surface area contributed by atoms with Crippen molar-refractivity contribution < 1.29 is 28.7 Å². The van der Waals surface area contributed by atoms with Crippen LogP contribution in [0, 0.1) is 0 Å². The summed E-state index contributed by atoms with van der Waals surface area (Å²) in [6.45, 7) is 9.02. The molecule has 34 heavy (non-hydrogen) atoms. The molecule has 1 rings (SSSR count). The van der Waals surface area contributed by atoms with Gasteiger partial charge in [0.15, 0.2) is 0 Å². The average molecular weight is 478 g/mol. The lowest BCUT2D eigenvalue weighted by Crippen LogP contribution is -2.58. The summed E-state index contributed by atoms with van der Waals surface area (Å²) in [4.78, 5) is 48.9. The maximum Gasteiger partial charge on any atom is 0.407 e. The first-order valence-electron chi connectivity index (χ1n) is 11.5. The van der Waals surface area contributed by atoms with Crippen LogP contribution < -0.4 is 16.0 Å². The highest BCUT2D eigenvalue weighted by Gasteiger charge is 2.33. The maximum absolute atomic E-state index is 12.8. The largest absolute Gasteiger partial charge is 0.467 e. The molecule has 0 radical (unpaired) electrons. The van der Waals surface area contributed by atoms with E-state index in [9.17, 15) is 19.2 Å². The minimum atomic E-state index is -1.21. The van der Waals surface area contributed by atoms with Gasteiger partial charge < -0.3 is 25.4 Å². The van der Waals surface area contributed by atoms with Crippen molar-refractivity contribution in [1.82, 2.24) is 16.0 Å².